The largest absolute Gasteiger partial charge is 0.366 e. The second-order valence-electron chi connectivity index (χ2n) is 8.74. The monoisotopic (exact) mass is 429 g/mol. The van der Waals surface area contributed by atoms with Crippen LogP contribution in [-0.4, -0.2) is 40.4 Å². The van der Waals surface area contributed by atoms with Crippen molar-refractivity contribution in [3.63, 3.8) is 0 Å². The molecule has 1 aliphatic rings. The SMILES string of the molecule is NCC1CCN(Cc2ccc3[nH]c(-c4cc5cc(C(N)=O)ccc5[nH]c4=O)cc3c2)CC1. The number of benzene rings is 2. The van der Waals surface area contributed by atoms with Crippen LogP contribution in [0.4, 0.5) is 0 Å². The van der Waals surface area contributed by atoms with Crippen LogP contribution in [0.15, 0.2) is 53.3 Å². The molecule has 7 nitrogen and oxygen atoms in total. The van der Waals surface area contributed by atoms with Crippen LogP contribution in [0, 0.1) is 5.92 Å². The maximum absolute atomic E-state index is 12.7. The number of carbonyl (C=O) groups is 1. The Balaban J connectivity index is 1.44. The molecule has 0 radical (unpaired) electrons. The summed E-state index contributed by atoms with van der Waals surface area (Å²) in [7, 11) is 0. The first kappa shape index (κ1) is 20.5. The molecule has 1 aliphatic heterocycles. The number of primary amides is 1. The average Bonchev–Trinajstić information content (AvgIpc) is 3.22. The summed E-state index contributed by atoms with van der Waals surface area (Å²) in [6.07, 6.45) is 2.32. The number of hydrogen-bond acceptors (Lipinski definition) is 4. The molecule has 0 saturated carbocycles. The average molecular weight is 430 g/mol. The molecule has 5 rings (SSSR count). The lowest BCUT2D eigenvalue weighted by atomic mass is 9.97. The van der Waals surface area contributed by atoms with Gasteiger partial charge in [-0.05, 0) is 91.8 Å². The highest BCUT2D eigenvalue weighted by Gasteiger charge is 2.18. The summed E-state index contributed by atoms with van der Waals surface area (Å²) in [5, 5.41) is 1.83. The topological polar surface area (TPSA) is 121 Å². The summed E-state index contributed by atoms with van der Waals surface area (Å²) < 4.78 is 0. The van der Waals surface area contributed by atoms with Gasteiger partial charge in [-0.25, -0.2) is 0 Å². The van der Waals surface area contributed by atoms with Crippen LogP contribution in [0.1, 0.15) is 28.8 Å². The summed E-state index contributed by atoms with van der Waals surface area (Å²) >= 11 is 0. The van der Waals surface area contributed by atoms with E-state index in [1.165, 1.54) is 5.56 Å². The van der Waals surface area contributed by atoms with E-state index in [0.29, 0.717) is 22.6 Å². The molecule has 164 valence electrons. The van der Waals surface area contributed by atoms with Crippen LogP contribution in [0.2, 0.25) is 0 Å². The smallest absolute Gasteiger partial charge is 0.257 e. The van der Waals surface area contributed by atoms with E-state index in [9.17, 15) is 9.59 Å². The van der Waals surface area contributed by atoms with E-state index >= 15 is 0 Å². The molecule has 1 saturated heterocycles. The minimum absolute atomic E-state index is 0.182. The molecular weight excluding hydrogens is 402 g/mol. The summed E-state index contributed by atoms with van der Waals surface area (Å²) in [4.78, 5) is 33.0. The molecule has 3 heterocycles. The van der Waals surface area contributed by atoms with Crippen LogP contribution in [0.3, 0.4) is 0 Å². The number of hydrogen-bond donors (Lipinski definition) is 4. The van der Waals surface area contributed by atoms with Crippen LogP contribution in [0.25, 0.3) is 33.1 Å². The summed E-state index contributed by atoms with van der Waals surface area (Å²) in [5.74, 6) is 0.158. The van der Waals surface area contributed by atoms with Gasteiger partial charge < -0.3 is 21.4 Å². The van der Waals surface area contributed by atoms with Crippen molar-refractivity contribution in [3.05, 3.63) is 70.0 Å². The molecule has 0 bridgehead atoms. The Hall–Kier alpha value is -3.42. The highest BCUT2D eigenvalue weighted by Crippen LogP contribution is 2.26. The summed E-state index contributed by atoms with van der Waals surface area (Å²) in [5.41, 5.74) is 15.6. The number of nitrogens with two attached hydrogens (primary N) is 2. The van der Waals surface area contributed by atoms with Crippen molar-refractivity contribution in [2.75, 3.05) is 19.6 Å². The Morgan fingerprint density at radius 2 is 1.69 bits per heavy atom. The maximum Gasteiger partial charge on any atom is 0.257 e. The lowest BCUT2D eigenvalue weighted by Crippen LogP contribution is -2.35. The molecule has 7 heteroatoms. The van der Waals surface area contributed by atoms with Gasteiger partial charge in [-0.2, -0.15) is 0 Å². The second kappa shape index (κ2) is 8.26. The Bertz CT molecular complexity index is 1360. The number of piperidine rings is 1. The molecule has 0 aliphatic carbocycles. The number of nitrogens with one attached hydrogen (secondary N) is 2. The molecule has 2 aromatic carbocycles. The lowest BCUT2D eigenvalue weighted by molar-refractivity contribution is 0.100. The quantitative estimate of drug-likeness (QED) is 0.390. The predicted molar refractivity (Wildman–Crippen MR) is 127 cm³/mol. The van der Waals surface area contributed by atoms with Gasteiger partial charge in [-0.1, -0.05) is 6.07 Å². The van der Waals surface area contributed by atoms with Gasteiger partial charge in [0.1, 0.15) is 0 Å². The fraction of sp³-hybridized carbons (Fsp3) is 0.280. The van der Waals surface area contributed by atoms with Crippen LogP contribution in [-0.2, 0) is 6.54 Å². The number of likely N-dealkylation sites (tertiary alicyclic amines) is 1. The van der Waals surface area contributed by atoms with Gasteiger partial charge in [0.05, 0.1) is 11.3 Å². The number of pyridine rings is 1. The zero-order valence-electron chi connectivity index (χ0n) is 17.9. The number of aromatic amines is 2. The fourth-order valence-electron chi connectivity index (χ4n) is 4.62. The first-order valence-corrected chi connectivity index (χ1v) is 11.0. The Morgan fingerprint density at radius 1 is 0.969 bits per heavy atom. The third-order valence-corrected chi connectivity index (χ3v) is 6.55. The van der Waals surface area contributed by atoms with Gasteiger partial charge in [-0.15, -0.1) is 0 Å². The highest BCUT2D eigenvalue weighted by atomic mass is 16.1. The van der Waals surface area contributed by atoms with E-state index in [1.54, 1.807) is 24.3 Å². The fourth-order valence-corrected chi connectivity index (χ4v) is 4.62. The molecule has 0 unspecified atom stereocenters. The number of rotatable bonds is 5. The normalized spacial score (nSPS) is 15.5. The number of amides is 1. The van der Waals surface area contributed by atoms with E-state index in [0.717, 1.165) is 61.0 Å². The minimum Gasteiger partial charge on any atom is -0.366 e. The zero-order chi connectivity index (χ0) is 22.2. The van der Waals surface area contributed by atoms with Gasteiger partial charge in [0.25, 0.3) is 5.56 Å². The van der Waals surface area contributed by atoms with Crippen molar-refractivity contribution < 1.29 is 4.79 Å². The summed E-state index contributed by atoms with van der Waals surface area (Å²) in [6.45, 7) is 3.86. The molecule has 4 aromatic rings. The highest BCUT2D eigenvalue weighted by molar-refractivity contribution is 5.97. The Kier molecular flexibility index (Phi) is 5.28. The first-order chi connectivity index (χ1) is 15.5. The van der Waals surface area contributed by atoms with Crippen molar-refractivity contribution in [2.45, 2.75) is 19.4 Å². The Morgan fingerprint density at radius 3 is 2.44 bits per heavy atom. The van der Waals surface area contributed by atoms with E-state index in [2.05, 4.69) is 33.1 Å². The van der Waals surface area contributed by atoms with E-state index in [1.807, 2.05) is 6.07 Å². The molecular formula is C25H27N5O2. The standard InChI is InChI=1S/C25H27N5O2/c26-13-15-5-7-30(8-6-15)14-16-1-3-21-18(9-16)12-23(28-21)20-11-19-10-17(24(27)31)2-4-22(19)29-25(20)32/h1-4,9-12,15,28H,5-8,13-14,26H2,(H2,27,31)(H,29,32). The molecule has 0 spiro atoms. The third-order valence-electron chi connectivity index (χ3n) is 6.55. The predicted octanol–water partition coefficient (Wildman–Crippen LogP) is 2.95. The van der Waals surface area contributed by atoms with Crippen LogP contribution >= 0.6 is 0 Å². The number of aromatic nitrogens is 2. The van der Waals surface area contributed by atoms with Gasteiger partial charge in [0, 0.05) is 28.5 Å². The zero-order valence-corrected chi connectivity index (χ0v) is 17.9. The molecule has 32 heavy (non-hydrogen) atoms. The molecule has 1 amide bonds. The maximum atomic E-state index is 12.7. The van der Waals surface area contributed by atoms with Crippen molar-refractivity contribution in [1.29, 1.82) is 0 Å². The van der Waals surface area contributed by atoms with Crippen molar-refractivity contribution in [1.82, 2.24) is 14.9 Å². The third kappa shape index (κ3) is 3.92. The minimum atomic E-state index is -0.495. The van der Waals surface area contributed by atoms with Crippen LogP contribution < -0.4 is 17.0 Å². The Labute approximate surface area is 185 Å². The molecule has 6 N–H and O–H groups in total. The van der Waals surface area contributed by atoms with Crippen LogP contribution in [0.5, 0.6) is 0 Å². The molecule has 1 fully saturated rings. The van der Waals surface area contributed by atoms with Gasteiger partial charge in [-0.3, -0.25) is 14.5 Å². The number of carbonyl (C=O) groups excluding carboxylic acids is 1. The molecule has 2 aromatic heterocycles. The number of fused-ring (bicyclic) bond motifs is 2. The van der Waals surface area contributed by atoms with Gasteiger partial charge >= 0.3 is 0 Å². The second-order valence-corrected chi connectivity index (χ2v) is 8.74. The van der Waals surface area contributed by atoms with E-state index in [4.69, 9.17) is 11.5 Å². The van der Waals surface area contributed by atoms with Gasteiger partial charge in [0.2, 0.25) is 5.91 Å². The summed E-state index contributed by atoms with van der Waals surface area (Å²) in [6, 6.07) is 15.2. The van der Waals surface area contributed by atoms with Gasteiger partial charge in [0.15, 0.2) is 0 Å². The van der Waals surface area contributed by atoms with Crippen molar-refractivity contribution in [3.8, 4) is 11.3 Å². The van der Waals surface area contributed by atoms with E-state index in [-0.39, 0.29) is 5.56 Å². The van der Waals surface area contributed by atoms with Crippen molar-refractivity contribution in [2.24, 2.45) is 17.4 Å². The van der Waals surface area contributed by atoms with Crippen molar-refractivity contribution >= 4 is 27.7 Å². The molecule has 0 atom stereocenters. The van der Waals surface area contributed by atoms with E-state index < -0.39 is 5.91 Å². The lowest BCUT2D eigenvalue weighted by Gasteiger charge is -2.31. The first-order valence-electron chi connectivity index (χ1n) is 11.0. The number of H-pyrrole nitrogens is 2. The number of nitrogens with zero attached hydrogens (tertiary/aromatic N) is 1.